The molecule has 2 rings (SSSR count). The normalized spacial score (nSPS) is 28.6. The summed E-state index contributed by atoms with van der Waals surface area (Å²) in [5, 5.41) is 12.7. The fraction of sp³-hybridized carbons (Fsp3) is 0.588. The average molecular weight is 256 g/mol. The molecule has 4 atom stereocenters. The first-order valence-electron chi connectivity index (χ1n) is 7.38. The maximum atomic E-state index is 9.03. The van der Waals surface area contributed by atoms with Gasteiger partial charge < -0.3 is 5.32 Å². The van der Waals surface area contributed by atoms with Crippen molar-refractivity contribution in [2.75, 3.05) is 0 Å². The van der Waals surface area contributed by atoms with Crippen molar-refractivity contribution in [3.05, 3.63) is 35.9 Å². The number of nitrogens with one attached hydrogen (secondary N) is 1. The molecule has 0 aromatic heterocycles. The molecule has 19 heavy (non-hydrogen) atoms. The summed E-state index contributed by atoms with van der Waals surface area (Å²) in [5.41, 5.74) is 1.23. The van der Waals surface area contributed by atoms with Gasteiger partial charge >= 0.3 is 0 Å². The van der Waals surface area contributed by atoms with E-state index in [9.17, 15) is 0 Å². The SMILES string of the molecule is CC1CCC(NC(CC#N)c2ccccc2)CC1C. The number of hydrogen-bond acceptors (Lipinski definition) is 2. The zero-order valence-corrected chi connectivity index (χ0v) is 12.0. The van der Waals surface area contributed by atoms with Crippen molar-refractivity contribution in [2.45, 2.75) is 51.6 Å². The lowest BCUT2D eigenvalue weighted by Gasteiger charge is -2.34. The van der Waals surface area contributed by atoms with Gasteiger partial charge in [0, 0.05) is 12.1 Å². The van der Waals surface area contributed by atoms with Crippen LogP contribution in [-0.2, 0) is 0 Å². The third-order valence-electron chi connectivity index (χ3n) is 4.53. The van der Waals surface area contributed by atoms with Crippen molar-refractivity contribution < 1.29 is 0 Å². The van der Waals surface area contributed by atoms with Crippen molar-refractivity contribution in [2.24, 2.45) is 11.8 Å². The fourth-order valence-corrected chi connectivity index (χ4v) is 3.03. The summed E-state index contributed by atoms with van der Waals surface area (Å²) in [7, 11) is 0. The molecule has 0 radical (unpaired) electrons. The largest absolute Gasteiger partial charge is 0.306 e. The van der Waals surface area contributed by atoms with Gasteiger partial charge in [-0.3, -0.25) is 0 Å². The highest BCUT2D eigenvalue weighted by Gasteiger charge is 2.26. The van der Waals surface area contributed by atoms with Gasteiger partial charge in [0.1, 0.15) is 0 Å². The summed E-state index contributed by atoms with van der Waals surface area (Å²) in [6.07, 6.45) is 4.31. The predicted octanol–water partition coefficient (Wildman–Crippen LogP) is 4.06. The maximum absolute atomic E-state index is 9.03. The van der Waals surface area contributed by atoms with Gasteiger partial charge in [-0.15, -0.1) is 0 Å². The lowest BCUT2D eigenvalue weighted by atomic mass is 9.79. The number of rotatable bonds is 4. The predicted molar refractivity (Wildman–Crippen MR) is 78.5 cm³/mol. The average Bonchev–Trinajstić information content (AvgIpc) is 2.43. The first-order valence-corrected chi connectivity index (χ1v) is 7.38. The molecule has 0 heterocycles. The van der Waals surface area contributed by atoms with Crippen molar-refractivity contribution in [3.63, 3.8) is 0 Å². The molecule has 4 unspecified atom stereocenters. The van der Waals surface area contributed by atoms with E-state index < -0.39 is 0 Å². The van der Waals surface area contributed by atoms with Crippen LogP contribution >= 0.6 is 0 Å². The Morgan fingerprint density at radius 3 is 2.58 bits per heavy atom. The quantitative estimate of drug-likeness (QED) is 0.882. The molecule has 1 fully saturated rings. The van der Waals surface area contributed by atoms with E-state index in [-0.39, 0.29) is 6.04 Å². The Labute approximate surface area is 116 Å². The molecule has 1 N–H and O–H groups in total. The minimum atomic E-state index is 0.178. The van der Waals surface area contributed by atoms with Gasteiger partial charge in [0.15, 0.2) is 0 Å². The van der Waals surface area contributed by atoms with Crippen molar-refractivity contribution >= 4 is 0 Å². The molecule has 1 aliphatic carbocycles. The van der Waals surface area contributed by atoms with Crippen LogP contribution in [0.3, 0.4) is 0 Å². The van der Waals surface area contributed by atoms with E-state index in [4.69, 9.17) is 5.26 Å². The van der Waals surface area contributed by atoms with E-state index in [2.05, 4.69) is 37.4 Å². The minimum absolute atomic E-state index is 0.178. The molecule has 0 spiro atoms. The first-order chi connectivity index (χ1) is 9.20. The van der Waals surface area contributed by atoms with Crippen LogP contribution in [-0.4, -0.2) is 6.04 Å². The van der Waals surface area contributed by atoms with Crippen molar-refractivity contribution in [1.82, 2.24) is 5.32 Å². The van der Waals surface area contributed by atoms with E-state index in [0.717, 1.165) is 11.8 Å². The van der Waals surface area contributed by atoms with E-state index >= 15 is 0 Å². The van der Waals surface area contributed by atoms with Gasteiger partial charge in [0.05, 0.1) is 12.5 Å². The second-order valence-corrected chi connectivity index (χ2v) is 5.96. The number of hydrogen-bond donors (Lipinski definition) is 1. The Bertz CT molecular complexity index is 421. The zero-order chi connectivity index (χ0) is 13.7. The molecule has 102 valence electrons. The van der Waals surface area contributed by atoms with E-state index in [1.54, 1.807) is 0 Å². The highest BCUT2D eigenvalue weighted by molar-refractivity contribution is 5.20. The molecular formula is C17H24N2. The van der Waals surface area contributed by atoms with E-state index in [0.29, 0.717) is 12.5 Å². The van der Waals surface area contributed by atoms with Gasteiger partial charge in [0.25, 0.3) is 0 Å². The highest BCUT2D eigenvalue weighted by atomic mass is 15.0. The molecule has 1 aliphatic rings. The van der Waals surface area contributed by atoms with Gasteiger partial charge in [-0.1, -0.05) is 44.2 Å². The number of nitriles is 1. The van der Waals surface area contributed by atoms with Gasteiger partial charge in [-0.2, -0.15) is 5.26 Å². The second-order valence-electron chi connectivity index (χ2n) is 5.96. The fourth-order valence-electron chi connectivity index (χ4n) is 3.03. The van der Waals surface area contributed by atoms with Crippen LogP contribution in [0.25, 0.3) is 0 Å². The van der Waals surface area contributed by atoms with Gasteiger partial charge in [-0.05, 0) is 36.7 Å². The molecule has 1 aromatic carbocycles. The van der Waals surface area contributed by atoms with Crippen molar-refractivity contribution in [3.8, 4) is 6.07 Å². The summed E-state index contributed by atoms with van der Waals surface area (Å²) in [6, 6.07) is 13.4. The van der Waals surface area contributed by atoms with Crippen LogP contribution < -0.4 is 5.32 Å². The van der Waals surface area contributed by atoms with Crippen LogP contribution in [0, 0.1) is 23.2 Å². The third kappa shape index (κ3) is 3.81. The first kappa shape index (κ1) is 14.1. The Morgan fingerprint density at radius 2 is 1.95 bits per heavy atom. The lowest BCUT2D eigenvalue weighted by Crippen LogP contribution is -2.38. The second kappa shape index (κ2) is 6.73. The number of benzene rings is 1. The molecule has 2 heteroatoms. The van der Waals surface area contributed by atoms with E-state index in [1.165, 1.54) is 24.8 Å². The molecule has 1 saturated carbocycles. The van der Waals surface area contributed by atoms with Gasteiger partial charge in [0.2, 0.25) is 0 Å². The standard InChI is InChI=1S/C17H24N2/c1-13-8-9-16(12-14(13)2)19-17(10-11-18)15-6-4-3-5-7-15/h3-7,13-14,16-17,19H,8-10,12H2,1-2H3. The number of nitrogens with zero attached hydrogens (tertiary/aromatic N) is 1. The van der Waals surface area contributed by atoms with Crippen LogP contribution in [0.15, 0.2) is 30.3 Å². The topological polar surface area (TPSA) is 35.8 Å². The Kier molecular flexibility index (Phi) is 4.99. The Hall–Kier alpha value is -1.33. The van der Waals surface area contributed by atoms with Crippen LogP contribution in [0.2, 0.25) is 0 Å². The summed E-state index contributed by atoms with van der Waals surface area (Å²) in [6.45, 7) is 4.70. The summed E-state index contributed by atoms with van der Waals surface area (Å²) < 4.78 is 0. The molecule has 1 aromatic rings. The smallest absolute Gasteiger partial charge is 0.0641 e. The minimum Gasteiger partial charge on any atom is -0.306 e. The highest BCUT2D eigenvalue weighted by Crippen LogP contribution is 2.31. The molecular weight excluding hydrogens is 232 g/mol. The van der Waals surface area contributed by atoms with Gasteiger partial charge in [-0.25, -0.2) is 0 Å². The Morgan fingerprint density at radius 1 is 1.21 bits per heavy atom. The molecule has 0 aliphatic heterocycles. The summed E-state index contributed by atoms with van der Waals surface area (Å²) in [5.74, 6) is 1.62. The molecule has 0 amide bonds. The summed E-state index contributed by atoms with van der Waals surface area (Å²) >= 11 is 0. The van der Waals surface area contributed by atoms with Crippen LogP contribution in [0.1, 0.15) is 51.1 Å². The molecule has 0 saturated heterocycles. The zero-order valence-electron chi connectivity index (χ0n) is 12.0. The van der Waals surface area contributed by atoms with E-state index in [1.807, 2.05) is 18.2 Å². The monoisotopic (exact) mass is 256 g/mol. The Balaban J connectivity index is 2.00. The molecule has 2 nitrogen and oxygen atoms in total. The van der Waals surface area contributed by atoms with Crippen LogP contribution in [0.5, 0.6) is 0 Å². The van der Waals surface area contributed by atoms with Crippen molar-refractivity contribution in [1.29, 1.82) is 5.26 Å². The van der Waals surface area contributed by atoms with Crippen LogP contribution in [0.4, 0.5) is 0 Å². The molecule has 0 bridgehead atoms. The third-order valence-corrected chi connectivity index (χ3v) is 4.53. The maximum Gasteiger partial charge on any atom is 0.0641 e. The lowest BCUT2D eigenvalue weighted by molar-refractivity contribution is 0.215. The summed E-state index contributed by atoms with van der Waals surface area (Å²) in [4.78, 5) is 0.